The number of anilines is 1. The third-order valence-corrected chi connectivity index (χ3v) is 5.02. The van der Waals surface area contributed by atoms with Crippen LogP contribution in [0.4, 0.5) is 10.7 Å². The Morgan fingerprint density at radius 2 is 1.77 bits per heavy atom. The van der Waals surface area contributed by atoms with Crippen molar-refractivity contribution in [1.82, 2.24) is 19.8 Å². The molecule has 1 aromatic rings. The molecule has 2 saturated heterocycles. The highest BCUT2D eigenvalue weighted by molar-refractivity contribution is 5.92. The fraction of sp³-hybridized carbons (Fsp3) is 0.667. The number of piperidine rings is 1. The minimum absolute atomic E-state index is 0.109. The molecule has 0 bridgehead atoms. The first-order valence-corrected chi connectivity index (χ1v) is 9.37. The average molecular weight is 361 g/mol. The lowest BCUT2D eigenvalue weighted by molar-refractivity contribution is 0.0566. The average Bonchev–Trinajstić information content (AvgIpc) is 2.68. The number of carbonyl (C=O) groups excluding carboxylic acids is 2. The highest BCUT2D eigenvalue weighted by Crippen LogP contribution is 2.20. The zero-order chi connectivity index (χ0) is 18.5. The number of aromatic nitrogens is 2. The third-order valence-electron chi connectivity index (χ3n) is 5.02. The lowest BCUT2D eigenvalue weighted by Gasteiger charge is -2.34. The second-order valence-corrected chi connectivity index (χ2v) is 6.89. The van der Waals surface area contributed by atoms with Crippen molar-refractivity contribution in [2.75, 3.05) is 50.8 Å². The molecule has 0 spiro atoms. The molecule has 1 aromatic heterocycles. The molecule has 2 amide bonds. The van der Waals surface area contributed by atoms with Gasteiger partial charge in [-0.2, -0.15) is 0 Å². The smallest absolute Gasteiger partial charge is 0.409 e. The molecule has 8 heteroatoms. The second-order valence-electron chi connectivity index (χ2n) is 6.89. The number of carbonyl (C=O) groups is 2. The van der Waals surface area contributed by atoms with Crippen LogP contribution in [0.5, 0.6) is 0 Å². The maximum absolute atomic E-state index is 12.8. The molecule has 3 rings (SSSR count). The molecule has 3 heterocycles. The van der Waals surface area contributed by atoms with Crippen molar-refractivity contribution in [3.8, 4) is 0 Å². The van der Waals surface area contributed by atoms with E-state index < -0.39 is 0 Å². The van der Waals surface area contributed by atoms with E-state index in [1.807, 2.05) is 0 Å². The summed E-state index contributed by atoms with van der Waals surface area (Å²) in [4.78, 5) is 38.9. The summed E-state index contributed by atoms with van der Waals surface area (Å²) in [5.74, 6) is 1.25. The molecular weight excluding hydrogens is 334 g/mol. The number of amides is 2. The summed E-state index contributed by atoms with van der Waals surface area (Å²) in [5.41, 5.74) is 0.415. The van der Waals surface area contributed by atoms with Gasteiger partial charge < -0.3 is 19.4 Å². The van der Waals surface area contributed by atoms with E-state index in [1.54, 1.807) is 29.0 Å². The predicted molar refractivity (Wildman–Crippen MR) is 97.1 cm³/mol. The van der Waals surface area contributed by atoms with Crippen LogP contribution in [0.1, 0.15) is 37.2 Å². The zero-order valence-electron chi connectivity index (χ0n) is 15.6. The summed E-state index contributed by atoms with van der Waals surface area (Å²) >= 11 is 0. The van der Waals surface area contributed by atoms with Crippen LogP contribution in [0.15, 0.2) is 12.3 Å². The molecule has 8 nitrogen and oxygen atoms in total. The van der Waals surface area contributed by atoms with Gasteiger partial charge in [-0.25, -0.2) is 14.8 Å². The zero-order valence-corrected chi connectivity index (χ0v) is 15.6. The van der Waals surface area contributed by atoms with Crippen molar-refractivity contribution >= 4 is 17.9 Å². The largest absolute Gasteiger partial charge is 0.450 e. The van der Waals surface area contributed by atoms with E-state index in [-0.39, 0.29) is 12.0 Å². The van der Waals surface area contributed by atoms with Gasteiger partial charge in [0.15, 0.2) is 0 Å². The van der Waals surface area contributed by atoms with E-state index in [2.05, 4.69) is 21.8 Å². The van der Waals surface area contributed by atoms with Crippen LogP contribution in [-0.2, 0) is 4.74 Å². The first-order valence-electron chi connectivity index (χ1n) is 9.37. The molecule has 26 heavy (non-hydrogen) atoms. The van der Waals surface area contributed by atoms with Gasteiger partial charge in [-0.1, -0.05) is 6.92 Å². The Labute approximate surface area is 154 Å². The molecule has 0 unspecified atom stereocenters. The Hall–Kier alpha value is -2.38. The molecule has 0 aromatic carbocycles. The Morgan fingerprint density at radius 3 is 2.42 bits per heavy atom. The lowest BCUT2D eigenvalue weighted by Crippen LogP contribution is -2.50. The van der Waals surface area contributed by atoms with E-state index in [0.717, 1.165) is 31.8 Å². The minimum atomic E-state index is -0.316. The number of ether oxygens (including phenoxy) is 1. The number of piperazine rings is 1. The summed E-state index contributed by atoms with van der Waals surface area (Å²) in [6.07, 6.45) is 3.58. The van der Waals surface area contributed by atoms with Crippen LogP contribution in [-0.4, -0.2) is 77.6 Å². The van der Waals surface area contributed by atoms with Crippen molar-refractivity contribution < 1.29 is 14.3 Å². The molecule has 0 aliphatic carbocycles. The van der Waals surface area contributed by atoms with Crippen LogP contribution >= 0.6 is 0 Å². The van der Waals surface area contributed by atoms with Gasteiger partial charge in [0, 0.05) is 45.5 Å². The minimum Gasteiger partial charge on any atom is -0.450 e. The molecule has 2 aliphatic heterocycles. The van der Waals surface area contributed by atoms with Crippen LogP contribution in [0.2, 0.25) is 0 Å². The molecule has 2 aliphatic rings. The number of nitrogens with zero attached hydrogens (tertiary/aromatic N) is 5. The van der Waals surface area contributed by atoms with Crippen LogP contribution in [0, 0.1) is 5.92 Å². The van der Waals surface area contributed by atoms with Gasteiger partial charge in [0.25, 0.3) is 5.91 Å². The van der Waals surface area contributed by atoms with Crippen LogP contribution in [0.25, 0.3) is 0 Å². The quantitative estimate of drug-likeness (QED) is 0.814. The lowest BCUT2D eigenvalue weighted by atomic mass is 10.00. The fourth-order valence-corrected chi connectivity index (χ4v) is 3.30. The highest BCUT2D eigenvalue weighted by Gasteiger charge is 2.27. The summed E-state index contributed by atoms with van der Waals surface area (Å²) in [7, 11) is 0. The van der Waals surface area contributed by atoms with Gasteiger partial charge in [0.05, 0.1) is 6.61 Å². The first kappa shape index (κ1) is 18.4. The van der Waals surface area contributed by atoms with Gasteiger partial charge in [0.1, 0.15) is 5.69 Å². The van der Waals surface area contributed by atoms with Crippen LogP contribution in [0.3, 0.4) is 0 Å². The molecule has 0 N–H and O–H groups in total. The number of rotatable bonds is 3. The molecule has 142 valence electrons. The number of hydrogen-bond donors (Lipinski definition) is 0. The SMILES string of the molecule is CCOC(=O)N1CCN(C(=O)c2ccnc(N3CCC(C)CC3)n2)CC1. The predicted octanol–water partition coefficient (Wildman–Crippen LogP) is 1.63. The monoisotopic (exact) mass is 361 g/mol. The molecule has 2 fully saturated rings. The van der Waals surface area contributed by atoms with Gasteiger partial charge in [0.2, 0.25) is 5.95 Å². The summed E-state index contributed by atoms with van der Waals surface area (Å²) in [6, 6.07) is 1.66. The Balaban J connectivity index is 1.60. The van der Waals surface area contributed by atoms with Crippen molar-refractivity contribution in [2.45, 2.75) is 26.7 Å². The molecule has 0 saturated carbocycles. The van der Waals surface area contributed by atoms with Crippen molar-refractivity contribution in [2.24, 2.45) is 5.92 Å². The van der Waals surface area contributed by atoms with Gasteiger partial charge in [-0.3, -0.25) is 4.79 Å². The summed E-state index contributed by atoms with van der Waals surface area (Å²) < 4.78 is 5.01. The molecule has 0 radical (unpaired) electrons. The highest BCUT2D eigenvalue weighted by atomic mass is 16.6. The summed E-state index contributed by atoms with van der Waals surface area (Å²) in [5, 5.41) is 0. The van der Waals surface area contributed by atoms with Crippen molar-refractivity contribution in [1.29, 1.82) is 0 Å². The van der Waals surface area contributed by atoms with Gasteiger partial charge in [-0.05, 0) is 31.7 Å². The Kier molecular flexibility index (Phi) is 5.90. The topological polar surface area (TPSA) is 78.9 Å². The van der Waals surface area contributed by atoms with E-state index >= 15 is 0 Å². The molecular formula is C18H27N5O3. The Morgan fingerprint density at radius 1 is 1.12 bits per heavy atom. The van der Waals surface area contributed by atoms with Crippen LogP contribution < -0.4 is 4.90 Å². The van der Waals surface area contributed by atoms with E-state index in [4.69, 9.17) is 4.74 Å². The molecule has 0 atom stereocenters. The standard InChI is InChI=1S/C18H27N5O3/c1-3-26-18(25)23-12-10-21(11-13-23)16(24)15-4-7-19-17(20-15)22-8-5-14(2)6-9-22/h4,7,14H,3,5-6,8-13H2,1-2H3. The summed E-state index contributed by atoms with van der Waals surface area (Å²) in [6.45, 7) is 8.18. The third kappa shape index (κ3) is 4.23. The van der Waals surface area contributed by atoms with Gasteiger partial charge in [-0.15, -0.1) is 0 Å². The van der Waals surface area contributed by atoms with Crippen molar-refractivity contribution in [3.05, 3.63) is 18.0 Å². The maximum Gasteiger partial charge on any atom is 0.409 e. The Bertz CT molecular complexity index is 637. The first-order chi connectivity index (χ1) is 12.6. The fourth-order valence-electron chi connectivity index (χ4n) is 3.30. The normalized spacial score (nSPS) is 18.8. The maximum atomic E-state index is 12.8. The number of hydrogen-bond acceptors (Lipinski definition) is 6. The van der Waals surface area contributed by atoms with Crippen molar-refractivity contribution in [3.63, 3.8) is 0 Å². The van der Waals surface area contributed by atoms with E-state index in [9.17, 15) is 9.59 Å². The second kappa shape index (κ2) is 8.33. The van der Waals surface area contributed by atoms with E-state index in [0.29, 0.717) is 44.4 Å². The van der Waals surface area contributed by atoms with E-state index in [1.165, 1.54) is 0 Å². The van der Waals surface area contributed by atoms with Gasteiger partial charge >= 0.3 is 6.09 Å².